The van der Waals surface area contributed by atoms with Gasteiger partial charge >= 0.3 is 0 Å². The van der Waals surface area contributed by atoms with Crippen molar-refractivity contribution in [1.29, 1.82) is 0 Å². The molecule has 0 spiro atoms. The maximum Gasteiger partial charge on any atom is -0.00488 e. The molecule has 1 aliphatic heterocycles. The van der Waals surface area contributed by atoms with Crippen molar-refractivity contribution in [2.75, 3.05) is 13.1 Å². The quantitative estimate of drug-likeness (QED) is 0.395. The van der Waals surface area contributed by atoms with Gasteiger partial charge in [0.1, 0.15) is 0 Å². The Bertz CT molecular complexity index is 218. The topological polar surface area (TPSA) is 12.0 Å². The standard InChI is InChI=1S/C21H43N/c1-3-5-7-9-11-15-20(14-10-8-6-4-2)21-16-12-18-22-19-13-17-21/h20-22H,3-19H2,1-2H3. The van der Waals surface area contributed by atoms with Crippen LogP contribution < -0.4 is 5.32 Å². The molecule has 0 radical (unpaired) electrons. The molecular weight excluding hydrogens is 266 g/mol. The van der Waals surface area contributed by atoms with Crippen molar-refractivity contribution in [2.24, 2.45) is 11.8 Å². The molecular formula is C21H43N. The third-order valence-corrected chi connectivity index (χ3v) is 5.63. The summed E-state index contributed by atoms with van der Waals surface area (Å²) in [6.07, 6.45) is 21.9. The fraction of sp³-hybridized carbons (Fsp3) is 1.00. The van der Waals surface area contributed by atoms with Crippen molar-refractivity contribution in [1.82, 2.24) is 5.32 Å². The van der Waals surface area contributed by atoms with E-state index in [1.54, 1.807) is 0 Å². The van der Waals surface area contributed by atoms with Gasteiger partial charge in [0, 0.05) is 0 Å². The van der Waals surface area contributed by atoms with E-state index in [-0.39, 0.29) is 0 Å². The number of nitrogens with one attached hydrogen (secondary N) is 1. The Kier molecular flexibility index (Phi) is 13.2. The van der Waals surface area contributed by atoms with E-state index in [2.05, 4.69) is 19.2 Å². The monoisotopic (exact) mass is 309 g/mol. The summed E-state index contributed by atoms with van der Waals surface area (Å²) in [7, 11) is 0. The van der Waals surface area contributed by atoms with E-state index in [1.807, 2.05) is 0 Å². The molecule has 1 fully saturated rings. The van der Waals surface area contributed by atoms with E-state index in [4.69, 9.17) is 0 Å². The minimum absolute atomic E-state index is 1.04. The molecule has 0 saturated carbocycles. The molecule has 0 aromatic heterocycles. The maximum absolute atomic E-state index is 3.57. The highest BCUT2D eigenvalue weighted by molar-refractivity contribution is 4.74. The van der Waals surface area contributed by atoms with Gasteiger partial charge in [0.25, 0.3) is 0 Å². The van der Waals surface area contributed by atoms with Crippen molar-refractivity contribution in [3.8, 4) is 0 Å². The first kappa shape index (κ1) is 20.0. The lowest BCUT2D eigenvalue weighted by Gasteiger charge is -2.29. The zero-order valence-corrected chi connectivity index (χ0v) is 15.7. The van der Waals surface area contributed by atoms with Gasteiger partial charge in [0.2, 0.25) is 0 Å². The Labute approximate surface area is 141 Å². The van der Waals surface area contributed by atoms with Crippen LogP contribution in [-0.4, -0.2) is 13.1 Å². The Morgan fingerprint density at radius 3 is 1.77 bits per heavy atom. The fourth-order valence-corrected chi connectivity index (χ4v) is 4.18. The van der Waals surface area contributed by atoms with Crippen LogP contribution in [0.3, 0.4) is 0 Å². The Balaban J connectivity index is 2.33. The van der Waals surface area contributed by atoms with E-state index in [9.17, 15) is 0 Å². The second kappa shape index (κ2) is 14.5. The molecule has 1 atom stereocenters. The van der Waals surface area contributed by atoms with Gasteiger partial charge in [0.15, 0.2) is 0 Å². The predicted octanol–water partition coefficient (Wildman–Crippen LogP) is 6.71. The molecule has 0 aromatic carbocycles. The molecule has 1 nitrogen and oxygen atoms in total. The molecule has 22 heavy (non-hydrogen) atoms. The molecule has 132 valence electrons. The van der Waals surface area contributed by atoms with Gasteiger partial charge in [-0.15, -0.1) is 0 Å². The van der Waals surface area contributed by atoms with Gasteiger partial charge in [0.05, 0.1) is 0 Å². The first-order chi connectivity index (χ1) is 10.9. The summed E-state index contributed by atoms with van der Waals surface area (Å²) in [5.74, 6) is 2.08. The Morgan fingerprint density at radius 2 is 1.23 bits per heavy atom. The van der Waals surface area contributed by atoms with Crippen LogP contribution in [0.5, 0.6) is 0 Å². The summed E-state index contributed by atoms with van der Waals surface area (Å²) in [4.78, 5) is 0. The van der Waals surface area contributed by atoms with Crippen LogP contribution in [0.1, 0.15) is 110 Å². The first-order valence-corrected chi connectivity index (χ1v) is 10.6. The van der Waals surface area contributed by atoms with Gasteiger partial charge in [-0.1, -0.05) is 84.5 Å². The molecule has 0 aromatic rings. The molecule has 0 amide bonds. The highest BCUT2D eigenvalue weighted by Gasteiger charge is 2.21. The van der Waals surface area contributed by atoms with Crippen molar-refractivity contribution in [2.45, 2.75) is 110 Å². The lowest BCUT2D eigenvalue weighted by atomic mass is 9.78. The Morgan fingerprint density at radius 1 is 0.727 bits per heavy atom. The predicted molar refractivity (Wildman–Crippen MR) is 100 cm³/mol. The number of unbranched alkanes of at least 4 members (excludes halogenated alkanes) is 7. The van der Waals surface area contributed by atoms with Crippen LogP contribution >= 0.6 is 0 Å². The van der Waals surface area contributed by atoms with Crippen LogP contribution in [0.15, 0.2) is 0 Å². The van der Waals surface area contributed by atoms with Crippen molar-refractivity contribution >= 4 is 0 Å². The van der Waals surface area contributed by atoms with E-state index >= 15 is 0 Å². The molecule has 1 unspecified atom stereocenters. The smallest absolute Gasteiger partial charge is 0.00488 e. The van der Waals surface area contributed by atoms with Gasteiger partial charge in [-0.25, -0.2) is 0 Å². The second-order valence-electron chi connectivity index (χ2n) is 7.61. The normalized spacial score (nSPS) is 18.8. The highest BCUT2D eigenvalue weighted by atomic mass is 14.8. The summed E-state index contributed by atoms with van der Waals surface area (Å²) >= 11 is 0. The molecule has 0 aliphatic carbocycles. The summed E-state index contributed by atoms with van der Waals surface area (Å²) in [5, 5.41) is 3.57. The number of hydrogen-bond acceptors (Lipinski definition) is 1. The van der Waals surface area contributed by atoms with E-state index < -0.39 is 0 Å². The average Bonchev–Trinajstić information content (AvgIpc) is 2.49. The lowest BCUT2D eigenvalue weighted by molar-refractivity contribution is 0.232. The van der Waals surface area contributed by atoms with Gasteiger partial charge in [-0.05, 0) is 50.6 Å². The van der Waals surface area contributed by atoms with Crippen molar-refractivity contribution in [3.63, 3.8) is 0 Å². The third-order valence-electron chi connectivity index (χ3n) is 5.63. The van der Waals surface area contributed by atoms with Gasteiger partial charge in [-0.3, -0.25) is 0 Å². The maximum atomic E-state index is 3.57. The Hall–Kier alpha value is -0.0400. The average molecular weight is 310 g/mol. The minimum Gasteiger partial charge on any atom is -0.317 e. The number of rotatable bonds is 12. The largest absolute Gasteiger partial charge is 0.317 e. The lowest BCUT2D eigenvalue weighted by Crippen LogP contribution is -2.25. The van der Waals surface area contributed by atoms with Crippen molar-refractivity contribution in [3.05, 3.63) is 0 Å². The molecule has 1 heterocycles. The van der Waals surface area contributed by atoms with Gasteiger partial charge < -0.3 is 5.32 Å². The zero-order chi connectivity index (χ0) is 15.9. The van der Waals surface area contributed by atoms with Gasteiger partial charge in [-0.2, -0.15) is 0 Å². The number of hydrogen-bond donors (Lipinski definition) is 1. The summed E-state index contributed by atoms with van der Waals surface area (Å²) in [6, 6.07) is 0. The third kappa shape index (κ3) is 9.87. The SMILES string of the molecule is CCCCCCCC(CCCCCC)C1CCCNCCC1. The second-order valence-corrected chi connectivity index (χ2v) is 7.61. The van der Waals surface area contributed by atoms with E-state index in [1.165, 1.54) is 109 Å². The van der Waals surface area contributed by atoms with E-state index in [0.717, 1.165) is 11.8 Å². The van der Waals surface area contributed by atoms with Crippen molar-refractivity contribution < 1.29 is 0 Å². The first-order valence-electron chi connectivity index (χ1n) is 10.6. The summed E-state index contributed by atoms with van der Waals surface area (Å²) in [6.45, 7) is 7.16. The fourth-order valence-electron chi connectivity index (χ4n) is 4.18. The molecule has 1 heteroatoms. The summed E-state index contributed by atoms with van der Waals surface area (Å²) in [5.41, 5.74) is 0. The van der Waals surface area contributed by atoms with Crippen LogP contribution in [0.25, 0.3) is 0 Å². The molecule has 1 rings (SSSR count). The minimum atomic E-state index is 1.04. The summed E-state index contributed by atoms with van der Waals surface area (Å²) < 4.78 is 0. The molecule has 1 saturated heterocycles. The van der Waals surface area contributed by atoms with Crippen LogP contribution in [0.2, 0.25) is 0 Å². The van der Waals surface area contributed by atoms with Crippen LogP contribution in [0.4, 0.5) is 0 Å². The molecule has 1 aliphatic rings. The van der Waals surface area contributed by atoms with E-state index in [0.29, 0.717) is 0 Å². The van der Waals surface area contributed by atoms with Crippen LogP contribution in [-0.2, 0) is 0 Å². The highest BCUT2D eigenvalue weighted by Crippen LogP contribution is 2.32. The molecule has 0 bridgehead atoms. The van der Waals surface area contributed by atoms with Crippen LogP contribution in [0, 0.1) is 11.8 Å². The molecule has 1 N–H and O–H groups in total. The zero-order valence-electron chi connectivity index (χ0n) is 15.7.